The fraction of sp³-hybridized carbons (Fsp3) is 0.875. The highest BCUT2D eigenvalue weighted by molar-refractivity contribution is 6.07. The first-order valence-electron chi connectivity index (χ1n) is 8.26. The van der Waals surface area contributed by atoms with Crippen molar-refractivity contribution >= 4 is 11.9 Å². The molecule has 1 saturated carbocycles. The van der Waals surface area contributed by atoms with Crippen molar-refractivity contribution in [2.45, 2.75) is 45.6 Å². The number of nitrogens with zero attached hydrogens (tertiary/aromatic N) is 2. The average Bonchev–Trinajstić information content (AvgIpc) is 2.61. The fourth-order valence-electron chi connectivity index (χ4n) is 4.58. The minimum atomic E-state index is -0.690. The summed E-state index contributed by atoms with van der Waals surface area (Å²) in [5, 5.41) is 3.02. The van der Waals surface area contributed by atoms with Crippen LogP contribution in [0.5, 0.6) is 0 Å². The number of urea groups is 1. The summed E-state index contributed by atoms with van der Waals surface area (Å²) >= 11 is 0. The number of morpholine rings is 1. The van der Waals surface area contributed by atoms with Crippen LogP contribution in [-0.2, 0) is 9.53 Å². The molecule has 3 aliphatic rings. The van der Waals surface area contributed by atoms with E-state index < -0.39 is 5.54 Å². The smallest absolute Gasteiger partial charge is 0.326 e. The Bertz CT molecular complexity index is 473. The molecule has 2 saturated heterocycles. The molecule has 124 valence electrons. The summed E-state index contributed by atoms with van der Waals surface area (Å²) in [7, 11) is 0. The van der Waals surface area contributed by atoms with Gasteiger partial charge in [-0.25, -0.2) is 9.69 Å². The van der Waals surface area contributed by atoms with Crippen molar-refractivity contribution in [1.82, 2.24) is 15.1 Å². The van der Waals surface area contributed by atoms with Crippen LogP contribution in [0, 0.1) is 11.3 Å². The lowest BCUT2D eigenvalue weighted by atomic mass is 9.64. The highest BCUT2D eigenvalue weighted by Gasteiger charge is 2.56. The van der Waals surface area contributed by atoms with Crippen molar-refractivity contribution in [3.8, 4) is 0 Å². The van der Waals surface area contributed by atoms with Gasteiger partial charge in [0, 0.05) is 13.1 Å². The molecule has 0 bridgehead atoms. The first-order valence-corrected chi connectivity index (χ1v) is 8.26. The number of ether oxygens (including phenoxy) is 1. The molecule has 2 heterocycles. The lowest BCUT2D eigenvalue weighted by Crippen LogP contribution is -2.54. The largest absolute Gasteiger partial charge is 0.379 e. The van der Waals surface area contributed by atoms with Crippen LogP contribution in [0.3, 0.4) is 0 Å². The number of rotatable bonds is 2. The van der Waals surface area contributed by atoms with E-state index in [1.165, 1.54) is 4.90 Å². The summed E-state index contributed by atoms with van der Waals surface area (Å²) in [5.74, 6) is 0.403. The van der Waals surface area contributed by atoms with Crippen molar-refractivity contribution in [3.05, 3.63) is 0 Å². The summed E-state index contributed by atoms with van der Waals surface area (Å²) in [4.78, 5) is 28.9. The van der Waals surface area contributed by atoms with Crippen LogP contribution >= 0.6 is 0 Å². The predicted molar refractivity (Wildman–Crippen MR) is 82.2 cm³/mol. The van der Waals surface area contributed by atoms with E-state index in [0.29, 0.717) is 25.8 Å². The molecule has 2 unspecified atom stereocenters. The van der Waals surface area contributed by atoms with Crippen molar-refractivity contribution in [2.75, 3.05) is 33.0 Å². The second-order valence-electron chi connectivity index (χ2n) is 7.97. The number of carbonyl (C=O) groups excluding carboxylic acids is 2. The molecule has 1 aliphatic carbocycles. The molecular weight excluding hydrogens is 282 g/mol. The third kappa shape index (κ3) is 2.86. The van der Waals surface area contributed by atoms with Gasteiger partial charge in [0.05, 0.1) is 19.9 Å². The minimum absolute atomic E-state index is 0.0383. The van der Waals surface area contributed by atoms with E-state index >= 15 is 0 Å². The molecular formula is C16H27N3O3. The van der Waals surface area contributed by atoms with Crippen LogP contribution in [-0.4, -0.2) is 60.2 Å². The Balaban J connectivity index is 1.75. The Labute approximate surface area is 132 Å². The van der Waals surface area contributed by atoms with E-state index in [0.717, 1.165) is 32.4 Å². The monoisotopic (exact) mass is 309 g/mol. The van der Waals surface area contributed by atoms with Gasteiger partial charge in [-0.1, -0.05) is 20.8 Å². The molecule has 0 radical (unpaired) electrons. The average molecular weight is 309 g/mol. The second-order valence-corrected chi connectivity index (χ2v) is 7.97. The third-order valence-electron chi connectivity index (χ3n) is 5.07. The molecule has 6 heteroatoms. The number of hydrogen-bond donors (Lipinski definition) is 1. The third-order valence-corrected chi connectivity index (χ3v) is 5.07. The molecule has 22 heavy (non-hydrogen) atoms. The van der Waals surface area contributed by atoms with Gasteiger partial charge in [0.2, 0.25) is 0 Å². The van der Waals surface area contributed by atoms with E-state index in [1.54, 1.807) is 0 Å². The lowest BCUT2D eigenvalue weighted by molar-refractivity contribution is -0.136. The molecule has 0 aromatic heterocycles. The van der Waals surface area contributed by atoms with Crippen LogP contribution in [0.15, 0.2) is 0 Å². The van der Waals surface area contributed by atoms with Gasteiger partial charge < -0.3 is 10.1 Å². The topological polar surface area (TPSA) is 61.9 Å². The maximum atomic E-state index is 13.0. The zero-order chi connectivity index (χ0) is 16.0. The Kier molecular flexibility index (Phi) is 3.93. The predicted octanol–water partition coefficient (Wildman–Crippen LogP) is 1.41. The summed E-state index contributed by atoms with van der Waals surface area (Å²) in [6, 6.07) is -0.235. The lowest BCUT2D eigenvalue weighted by Gasteiger charge is -2.44. The summed E-state index contributed by atoms with van der Waals surface area (Å²) < 4.78 is 5.32. The highest BCUT2D eigenvalue weighted by Crippen LogP contribution is 2.46. The maximum absolute atomic E-state index is 13.0. The first kappa shape index (κ1) is 15.7. The molecule has 0 aromatic carbocycles. The van der Waals surface area contributed by atoms with E-state index in [-0.39, 0.29) is 17.4 Å². The Morgan fingerprint density at radius 2 is 1.91 bits per heavy atom. The minimum Gasteiger partial charge on any atom is -0.379 e. The first-order chi connectivity index (χ1) is 10.3. The van der Waals surface area contributed by atoms with Crippen molar-refractivity contribution < 1.29 is 14.3 Å². The van der Waals surface area contributed by atoms with Crippen LogP contribution in [0.1, 0.15) is 40.0 Å². The van der Waals surface area contributed by atoms with E-state index in [1.807, 2.05) is 0 Å². The Morgan fingerprint density at radius 3 is 2.55 bits per heavy atom. The molecule has 3 rings (SSSR count). The normalized spacial score (nSPS) is 36.0. The standard InChI is InChI=1S/C16H27N3O3/c1-12-8-15(2,3)10-16(9-12)13(20)19(14(21)17-16)11-18-4-6-22-7-5-18/h12H,4-11H2,1-3H3,(H,17,21). The molecule has 6 nitrogen and oxygen atoms in total. The van der Waals surface area contributed by atoms with Gasteiger partial charge in [-0.2, -0.15) is 0 Å². The van der Waals surface area contributed by atoms with Gasteiger partial charge in [-0.15, -0.1) is 0 Å². The molecule has 1 N–H and O–H groups in total. The molecule has 0 aromatic rings. The van der Waals surface area contributed by atoms with Crippen LogP contribution < -0.4 is 5.32 Å². The summed E-state index contributed by atoms with van der Waals surface area (Å²) in [6.07, 6.45) is 2.58. The van der Waals surface area contributed by atoms with Gasteiger partial charge >= 0.3 is 6.03 Å². The number of nitrogens with one attached hydrogen (secondary N) is 1. The second kappa shape index (κ2) is 5.49. The van der Waals surface area contributed by atoms with Gasteiger partial charge in [-0.3, -0.25) is 9.69 Å². The Hall–Kier alpha value is -1.14. The van der Waals surface area contributed by atoms with Crippen molar-refractivity contribution in [3.63, 3.8) is 0 Å². The SMILES string of the molecule is CC1CC(C)(C)CC2(C1)NC(=O)N(CN1CCOCC1)C2=O. The molecule has 1 spiro atoms. The van der Waals surface area contributed by atoms with Crippen molar-refractivity contribution in [2.24, 2.45) is 11.3 Å². The van der Waals surface area contributed by atoms with Gasteiger partial charge in [-0.05, 0) is 30.6 Å². The highest BCUT2D eigenvalue weighted by atomic mass is 16.5. The molecule has 3 fully saturated rings. The van der Waals surface area contributed by atoms with E-state index in [2.05, 4.69) is 31.0 Å². The van der Waals surface area contributed by atoms with Crippen molar-refractivity contribution in [1.29, 1.82) is 0 Å². The molecule has 2 aliphatic heterocycles. The van der Waals surface area contributed by atoms with Crippen LogP contribution in [0.4, 0.5) is 4.79 Å². The number of amides is 3. The number of hydrogen-bond acceptors (Lipinski definition) is 4. The van der Waals surface area contributed by atoms with Gasteiger partial charge in [0.1, 0.15) is 5.54 Å². The summed E-state index contributed by atoms with van der Waals surface area (Å²) in [6.45, 7) is 9.80. The molecule has 2 atom stereocenters. The van der Waals surface area contributed by atoms with Crippen LogP contribution in [0.2, 0.25) is 0 Å². The maximum Gasteiger partial charge on any atom is 0.326 e. The number of carbonyl (C=O) groups is 2. The van der Waals surface area contributed by atoms with E-state index in [4.69, 9.17) is 4.74 Å². The van der Waals surface area contributed by atoms with E-state index in [9.17, 15) is 9.59 Å². The summed E-state index contributed by atoms with van der Waals surface area (Å²) in [5.41, 5.74) is -0.611. The fourth-order valence-corrected chi connectivity index (χ4v) is 4.58. The van der Waals surface area contributed by atoms with Crippen LogP contribution in [0.25, 0.3) is 0 Å². The molecule has 3 amide bonds. The Morgan fingerprint density at radius 1 is 1.23 bits per heavy atom. The number of imide groups is 1. The zero-order valence-electron chi connectivity index (χ0n) is 13.9. The van der Waals surface area contributed by atoms with Gasteiger partial charge in [0.15, 0.2) is 0 Å². The van der Waals surface area contributed by atoms with Gasteiger partial charge in [0.25, 0.3) is 5.91 Å². The quantitative estimate of drug-likeness (QED) is 0.784. The zero-order valence-corrected chi connectivity index (χ0v) is 13.9.